The van der Waals surface area contributed by atoms with Gasteiger partial charge in [-0.25, -0.2) is 4.39 Å². The Bertz CT molecular complexity index is 327. The molecule has 0 heterocycles. The minimum atomic E-state index is -0.731. The fourth-order valence-electron chi connectivity index (χ4n) is 0.753. The Kier molecular flexibility index (Phi) is 2.50. The van der Waals surface area contributed by atoms with Crippen LogP contribution in [0.5, 0.6) is 5.75 Å². The van der Waals surface area contributed by atoms with Crippen LogP contribution in [0.15, 0.2) is 17.2 Å². The van der Waals surface area contributed by atoms with Crippen LogP contribution < -0.4 is 5.84 Å². The Morgan fingerprint density at radius 2 is 2.25 bits per heavy atom. The number of hydrazone groups is 1. The van der Waals surface area contributed by atoms with Gasteiger partial charge in [-0.05, 0) is 12.1 Å². The molecule has 1 aromatic carbocycles. The summed E-state index contributed by atoms with van der Waals surface area (Å²) >= 11 is 5.43. The lowest BCUT2D eigenvalue weighted by atomic mass is 10.2. The van der Waals surface area contributed by atoms with Crippen molar-refractivity contribution in [2.75, 3.05) is 0 Å². The summed E-state index contributed by atoms with van der Waals surface area (Å²) in [4.78, 5) is 0. The first kappa shape index (κ1) is 8.80. The van der Waals surface area contributed by atoms with E-state index in [1.54, 1.807) is 0 Å². The first-order valence-corrected chi connectivity index (χ1v) is 3.45. The number of nitrogens with two attached hydrogens (primary N) is 1. The van der Waals surface area contributed by atoms with Gasteiger partial charge in [0.1, 0.15) is 5.75 Å². The summed E-state index contributed by atoms with van der Waals surface area (Å²) in [6.45, 7) is 0. The Morgan fingerprint density at radius 3 is 2.83 bits per heavy atom. The largest absolute Gasteiger partial charge is 0.507 e. The van der Waals surface area contributed by atoms with E-state index < -0.39 is 5.82 Å². The summed E-state index contributed by atoms with van der Waals surface area (Å²) in [7, 11) is 0. The van der Waals surface area contributed by atoms with Crippen molar-refractivity contribution in [2.45, 2.75) is 0 Å². The van der Waals surface area contributed by atoms with Crippen molar-refractivity contribution in [3.05, 3.63) is 28.5 Å². The van der Waals surface area contributed by atoms with Gasteiger partial charge in [-0.15, -0.1) is 0 Å². The molecule has 0 saturated heterocycles. The number of rotatable bonds is 1. The van der Waals surface area contributed by atoms with Crippen molar-refractivity contribution in [2.24, 2.45) is 10.9 Å². The zero-order valence-electron chi connectivity index (χ0n) is 5.96. The van der Waals surface area contributed by atoms with Crippen molar-refractivity contribution in [3.63, 3.8) is 0 Å². The first-order valence-electron chi connectivity index (χ1n) is 3.07. The lowest BCUT2D eigenvalue weighted by Crippen LogP contribution is -1.92. The molecule has 0 saturated carbocycles. The number of halogens is 2. The van der Waals surface area contributed by atoms with E-state index in [1.165, 1.54) is 12.1 Å². The highest BCUT2D eigenvalue weighted by Gasteiger charge is 2.09. The van der Waals surface area contributed by atoms with E-state index in [4.69, 9.17) is 22.6 Å². The maximum atomic E-state index is 13.0. The molecule has 0 aliphatic rings. The van der Waals surface area contributed by atoms with Crippen LogP contribution in [0.3, 0.4) is 0 Å². The Morgan fingerprint density at radius 1 is 1.58 bits per heavy atom. The third-order valence-corrected chi connectivity index (χ3v) is 1.61. The first-order chi connectivity index (χ1) is 5.66. The summed E-state index contributed by atoms with van der Waals surface area (Å²) < 4.78 is 13.0. The van der Waals surface area contributed by atoms with Gasteiger partial charge >= 0.3 is 0 Å². The highest BCUT2D eigenvalue weighted by molar-refractivity contribution is 6.31. The topological polar surface area (TPSA) is 58.6 Å². The number of hydrogen-bond donors (Lipinski definition) is 2. The second kappa shape index (κ2) is 3.40. The standard InChI is InChI=1S/C7H6ClFN2O/c8-5-1-2-6(12)4(3-11-10)7(5)9/h1-3,12H,10H2. The average Bonchev–Trinajstić information content (AvgIpc) is 2.06. The summed E-state index contributed by atoms with van der Waals surface area (Å²) in [5.74, 6) is 3.82. The van der Waals surface area contributed by atoms with E-state index in [0.717, 1.165) is 6.21 Å². The molecule has 1 rings (SSSR count). The maximum Gasteiger partial charge on any atom is 0.154 e. The van der Waals surface area contributed by atoms with Crippen LogP contribution in [0.2, 0.25) is 5.02 Å². The SMILES string of the molecule is NN=Cc1c(O)ccc(Cl)c1F. The number of benzene rings is 1. The fraction of sp³-hybridized carbons (Fsp3) is 0. The minimum Gasteiger partial charge on any atom is -0.507 e. The van der Waals surface area contributed by atoms with E-state index in [-0.39, 0.29) is 16.3 Å². The molecule has 0 fully saturated rings. The van der Waals surface area contributed by atoms with E-state index in [9.17, 15) is 4.39 Å². The van der Waals surface area contributed by atoms with Crippen molar-refractivity contribution in [3.8, 4) is 5.75 Å². The molecule has 5 heteroatoms. The molecule has 3 nitrogen and oxygen atoms in total. The van der Waals surface area contributed by atoms with Gasteiger partial charge in [-0.2, -0.15) is 5.10 Å². The molecule has 3 N–H and O–H groups in total. The molecule has 0 unspecified atom stereocenters. The van der Waals surface area contributed by atoms with Crippen LogP contribution in [0.1, 0.15) is 5.56 Å². The molecule has 0 atom stereocenters. The molecule has 0 aromatic heterocycles. The molecular formula is C7H6ClFN2O. The van der Waals surface area contributed by atoms with Gasteiger partial charge in [0.05, 0.1) is 16.8 Å². The predicted octanol–water partition coefficient (Wildman–Crippen LogP) is 1.48. The summed E-state index contributed by atoms with van der Waals surface area (Å²) in [5, 5.41) is 12.1. The summed E-state index contributed by atoms with van der Waals surface area (Å²) in [6, 6.07) is 2.52. The molecular weight excluding hydrogens is 183 g/mol. The van der Waals surface area contributed by atoms with Gasteiger partial charge in [0.2, 0.25) is 0 Å². The molecule has 1 aromatic rings. The third-order valence-electron chi connectivity index (χ3n) is 1.31. The van der Waals surface area contributed by atoms with Crippen LogP contribution in [0, 0.1) is 5.82 Å². The Balaban J connectivity index is 3.32. The van der Waals surface area contributed by atoms with Crippen LogP contribution in [0.4, 0.5) is 4.39 Å². The molecule has 0 aliphatic heterocycles. The second-order valence-corrected chi connectivity index (χ2v) is 2.48. The number of aromatic hydroxyl groups is 1. The quantitative estimate of drug-likeness (QED) is 0.398. The number of nitrogens with zero attached hydrogens (tertiary/aromatic N) is 1. The zero-order chi connectivity index (χ0) is 9.14. The lowest BCUT2D eigenvalue weighted by Gasteiger charge is -2.00. The fourth-order valence-corrected chi connectivity index (χ4v) is 0.918. The average molecular weight is 189 g/mol. The summed E-state index contributed by atoms with van der Waals surface area (Å²) in [6.07, 6.45) is 0.997. The van der Waals surface area contributed by atoms with E-state index in [1.807, 2.05) is 0 Å². The molecule has 64 valence electrons. The van der Waals surface area contributed by atoms with E-state index in [2.05, 4.69) is 5.10 Å². The van der Waals surface area contributed by atoms with Gasteiger partial charge in [-0.1, -0.05) is 11.6 Å². The number of phenols is 1. The van der Waals surface area contributed by atoms with Crippen molar-refractivity contribution in [1.82, 2.24) is 0 Å². The molecule has 0 spiro atoms. The number of hydrogen-bond acceptors (Lipinski definition) is 3. The molecule has 0 amide bonds. The molecule has 12 heavy (non-hydrogen) atoms. The minimum absolute atomic E-state index is 0.0808. The molecule has 0 aliphatic carbocycles. The highest BCUT2D eigenvalue weighted by atomic mass is 35.5. The summed E-state index contributed by atoms with van der Waals surface area (Å²) in [5.41, 5.74) is -0.106. The van der Waals surface area contributed by atoms with Crippen molar-refractivity contribution in [1.29, 1.82) is 0 Å². The van der Waals surface area contributed by atoms with Crippen molar-refractivity contribution < 1.29 is 9.50 Å². The van der Waals surface area contributed by atoms with E-state index >= 15 is 0 Å². The smallest absolute Gasteiger partial charge is 0.154 e. The number of phenolic OH excluding ortho intramolecular Hbond substituents is 1. The second-order valence-electron chi connectivity index (χ2n) is 2.07. The van der Waals surface area contributed by atoms with Gasteiger partial charge in [0.15, 0.2) is 5.82 Å². The molecule has 0 radical (unpaired) electrons. The van der Waals surface area contributed by atoms with Crippen LogP contribution in [0.25, 0.3) is 0 Å². The van der Waals surface area contributed by atoms with Gasteiger partial charge in [-0.3, -0.25) is 0 Å². The predicted molar refractivity (Wildman–Crippen MR) is 44.9 cm³/mol. The monoisotopic (exact) mass is 188 g/mol. The van der Waals surface area contributed by atoms with Crippen LogP contribution in [-0.4, -0.2) is 11.3 Å². The maximum absolute atomic E-state index is 13.0. The van der Waals surface area contributed by atoms with Crippen molar-refractivity contribution >= 4 is 17.8 Å². The normalized spacial score (nSPS) is 10.8. The molecule has 0 bridgehead atoms. The third kappa shape index (κ3) is 1.48. The van der Waals surface area contributed by atoms with E-state index in [0.29, 0.717) is 0 Å². The Hall–Kier alpha value is -1.29. The Labute approximate surface area is 73.3 Å². The van der Waals surface area contributed by atoms with Gasteiger partial charge in [0, 0.05) is 0 Å². The zero-order valence-corrected chi connectivity index (χ0v) is 6.72. The van der Waals surface area contributed by atoms with Gasteiger partial charge in [0.25, 0.3) is 0 Å². The van der Waals surface area contributed by atoms with Crippen LogP contribution in [-0.2, 0) is 0 Å². The van der Waals surface area contributed by atoms with Crippen LogP contribution >= 0.6 is 11.6 Å². The van der Waals surface area contributed by atoms with Gasteiger partial charge < -0.3 is 10.9 Å². The lowest BCUT2D eigenvalue weighted by molar-refractivity contribution is 0.468. The highest BCUT2D eigenvalue weighted by Crippen LogP contribution is 2.24.